The predicted molar refractivity (Wildman–Crippen MR) is 109 cm³/mol. The van der Waals surface area contributed by atoms with Crippen LogP contribution in [0.5, 0.6) is 0 Å². The summed E-state index contributed by atoms with van der Waals surface area (Å²) in [5, 5.41) is 6.07. The fourth-order valence-electron chi connectivity index (χ4n) is 3.17. The van der Waals surface area contributed by atoms with Crippen molar-refractivity contribution in [2.24, 2.45) is 0 Å². The zero-order valence-corrected chi connectivity index (χ0v) is 16.4. The maximum atomic E-state index is 5.88. The molecule has 0 aromatic carbocycles. The van der Waals surface area contributed by atoms with E-state index in [4.69, 9.17) is 34.8 Å². The van der Waals surface area contributed by atoms with Crippen molar-refractivity contribution in [3.05, 3.63) is 40.2 Å². The van der Waals surface area contributed by atoms with Crippen molar-refractivity contribution in [2.45, 2.75) is 31.7 Å². The van der Waals surface area contributed by atoms with Gasteiger partial charge < -0.3 is 15.3 Å². The number of halogens is 3. The van der Waals surface area contributed by atoms with E-state index in [9.17, 15) is 0 Å². The van der Waals surface area contributed by atoms with E-state index in [1.807, 2.05) is 12.3 Å². The molecule has 0 radical (unpaired) electrons. The second kappa shape index (κ2) is 7.88. The first-order chi connectivity index (χ1) is 13.1. The van der Waals surface area contributed by atoms with Gasteiger partial charge in [-0.05, 0) is 48.2 Å². The fraction of sp³-hybridized carbons (Fsp3) is 0.294. The van der Waals surface area contributed by atoms with Crippen LogP contribution in [0.2, 0.25) is 15.7 Å². The van der Waals surface area contributed by atoms with Crippen LogP contribution in [0.15, 0.2) is 24.5 Å². The maximum Gasteiger partial charge on any atom is 0.226 e. The van der Waals surface area contributed by atoms with Gasteiger partial charge in [-0.3, -0.25) is 0 Å². The molecule has 0 amide bonds. The fourth-order valence-corrected chi connectivity index (χ4v) is 3.78. The Bertz CT molecular complexity index is 1070. The van der Waals surface area contributed by atoms with Crippen LogP contribution in [0.25, 0.3) is 22.1 Å². The Kier molecular flexibility index (Phi) is 5.33. The molecule has 4 aromatic rings. The lowest BCUT2D eigenvalue weighted by atomic mass is 10.2. The SMILES string of the molecule is Clc1nc(Cl)c2cc[nH]c2n1.Clc1nc(NC2CCCC2)c2cc[nH]c2n1. The summed E-state index contributed by atoms with van der Waals surface area (Å²) in [6, 6.07) is 4.31. The number of nitrogens with zero attached hydrogens (tertiary/aromatic N) is 4. The van der Waals surface area contributed by atoms with Gasteiger partial charge >= 0.3 is 0 Å². The van der Waals surface area contributed by atoms with Gasteiger partial charge in [-0.15, -0.1) is 0 Å². The maximum absolute atomic E-state index is 5.88. The molecule has 0 unspecified atom stereocenters. The summed E-state index contributed by atoms with van der Waals surface area (Å²) in [7, 11) is 0. The number of aromatic amines is 2. The molecular formula is C17H16Cl3N7. The molecule has 4 aromatic heterocycles. The summed E-state index contributed by atoms with van der Waals surface area (Å²) in [6.07, 6.45) is 8.62. The summed E-state index contributed by atoms with van der Waals surface area (Å²) in [6.45, 7) is 0. The van der Waals surface area contributed by atoms with Gasteiger partial charge in [0.2, 0.25) is 10.6 Å². The van der Waals surface area contributed by atoms with Crippen LogP contribution in [-0.2, 0) is 0 Å². The Labute approximate surface area is 169 Å². The number of hydrogen-bond donors (Lipinski definition) is 3. The first-order valence-electron chi connectivity index (χ1n) is 8.53. The molecule has 0 atom stereocenters. The molecule has 27 heavy (non-hydrogen) atoms. The van der Waals surface area contributed by atoms with Gasteiger partial charge in [-0.1, -0.05) is 24.4 Å². The Morgan fingerprint density at radius 2 is 1.41 bits per heavy atom. The molecule has 4 heterocycles. The van der Waals surface area contributed by atoms with Crippen LogP contribution in [0.3, 0.4) is 0 Å². The van der Waals surface area contributed by atoms with Crippen molar-refractivity contribution in [1.29, 1.82) is 0 Å². The van der Waals surface area contributed by atoms with Gasteiger partial charge in [-0.25, -0.2) is 9.97 Å². The summed E-state index contributed by atoms with van der Waals surface area (Å²) in [4.78, 5) is 22.0. The lowest BCUT2D eigenvalue weighted by molar-refractivity contribution is 0.751. The van der Waals surface area contributed by atoms with Gasteiger partial charge in [0.15, 0.2) is 0 Å². The highest BCUT2D eigenvalue weighted by molar-refractivity contribution is 6.35. The lowest BCUT2D eigenvalue weighted by Crippen LogP contribution is -2.15. The molecule has 3 N–H and O–H groups in total. The van der Waals surface area contributed by atoms with E-state index < -0.39 is 0 Å². The largest absolute Gasteiger partial charge is 0.367 e. The number of fused-ring (bicyclic) bond motifs is 2. The Morgan fingerprint density at radius 1 is 0.815 bits per heavy atom. The second-order valence-electron chi connectivity index (χ2n) is 6.23. The third-order valence-electron chi connectivity index (χ3n) is 4.43. The van der Waals surface area contributed by atoms with Crippen LogP contribution in [0.1, 0.15) is 25.7 Å². The molecule has 0 spiro atoms. The number of H-pyrrole nitrogens is 2. The van der Waals surface area contributed by atoms with E-state index >= 15 is 0 Å². The average Bonchev–Trinajstić information content (AvgIpc) is 3.35. The molecule has 1 saturated carbocycles. The van der Waals surface area contributed by atoms with Crippen molar-refractivity contribution in [2.75, 3.05) is 5.32 Å². The van der Waals surface area contributed by atoms with Crippen LogP contribution in [0, 0.1) is 0 Å². The van der Waals surface area contributed by atoms with Gasteiger partial charge in [-0.2, -0.15) is 9.97 Å². The monoisotopic (exact) mass is 423 g/mol. The van der Waals surface area contributed by atoms with E-state index in [1.165, 1.54) is 25.7 Å². The standard InChI is InChI=1S/C11H13ClN4.C6H3Cl2N3/c12-11-15-9-8(5-6-13-9)10(16-11)14-7-3-1-2-4-7;7-4-3-1-2-9-5(3)11-6(8)10-4/h5-7H,1-4H2,(H2,13,14,15,16);1-2H,(H,9,10,11). The number of rotatable bonds is 2. The van der Waals surface area contributed by atoms with Gasteiger partial charge in [0.25, 0.3) is 0 Å². The zero-order chi connectivity index (χ0) is 18.8. The minimum absolute atomic E-state index is 0.157. The highest BCUT2D eigenvalue weighted by Gasteiger charge is 2.17. The molecule has 1 fully saturated rings. The molecule has 0 aliphatic heterocycles. The van der Waals surface area contributed by atoms with Crippen molar-refractivity contribution >= 4 is 62.7 Å². The highest BCUT2D eigenvalue weighted by atomic mass is 35.5. The van der Waals surface area contributed by atoms with Crippen LogP contribution in [-0.4, -0.2) is 35.9 Å². The molecule has 140 valence electrons. The minimum atomic E-state index is 0.157. The van der Waals surface area contributed by atoms with E-state index in [-0.39, 0.29) is 10.6 Å². The third kappa shape index (κ3) is 4.10. The second-order valence-corrected chi connectivity index (χ2v) is 7.26. The van der Waals surface area contributed by atoms with E-state index in [1.54, 1.807) is 12.3 Å². The molecule has 10 heteroatoms. The van der Waals surface area contributed by atoms with Crippen molar-refractivity contribution < 1.29 is 0 Å². The van der Waals surface area contributed by atoms with Gasteiger partial charge in [0, 0.05) is 18.4 Å². The first-order valence-corrected chi connectivity index (χ1v) is 9.67. The smallest absolute Gasteiger partial charge is 0.226 e. The van der Waals surface area contributed by atoms with Gasteiger partial charge in [0.1, 0.15) is 22.3 Å². The number of hydrogen-bond acceptors (Lipinski definition) is 5. The van der Waals surface area contributed by atoms with Crippen molar-refractivity contribution in [3.63, 3.8) is 0 Å². The minimum Gasteiger partial charge on any atom is -0.367 e. The number of aromatic nitrogens is 6. The molecule has 0 bridgehead atoms. The van der Waals surface area contributed by atoms with Crippen molar-refractivity contribution in [1.82, 2.24) is 29.9 Å². The highest BCUT2D eigenvalue weighted by Crippen LogP contribution is 2.26. The molecule has 1 aliphatic rings. The summed E-state index contributed by atoms with van der Waals surface area (Å²) >= 11 is 17.2. The Morgan fingerprint density at radius 3 is 2.11 bits per heavy atom. The van der Waals surface area contributed by atoms with Crippen LogP contribution in [0.4, 0.5) is 5.82 Å². The molecule has 5 rings (SSSR count). The molecule has 0 saturated heterocycles. The Hall–Kier alpha value is -2.09. The number of nitrogens with one attached hydrogen (secondary N) is 3. The Balaban J connectivity index is 0.000000143. The van der Waals surface area contributed by atoms with E-state index in [0.29, 0.717) is 16.8 Å². The molecule has 7 nitrogen and oxygen atoms in total. The molecular weight excluding hydrogens is 409 g/mol. The normalized spacial score (nSPS) is 14.5. The quantitative estimate of drug-likeness (QED) is 0.302. The van der Waals surface area contributed by atoms with Gasteiger partial charge in [0.05, 0.1) is 10.8 Å². The van der Waals surface area contributed by atoms with E-state index in [2.05, 4.69) is 35.2 Å². The van der Waals surface area contributed by atoms with Crippen LogP contribution < -0.4 is 5.32 Å². The predicted octanol–water partition coefficient (Wildman–Crippen LogP) is 5.23. The first kappa shape index (κ1) is 18.3. The van der Waals surface area contributed by atoms with Crippen molar-refractivity contribution in [3.8, 4) is 0 Å². The third-order valence-corrected chi connectivity index (χ3v) is 5.05. The number of anilines is 1. The summed E-state index contributed by atoms with van der Waals surface area (Å²) in [5.41, 5.74) is 1.45. The van der Waals surface area contributed by atoms with Crippen LogP contribution >= 0.6 is 34.8 Å². The molecule has 1 aliphatic carbocycles. The average molecular weight is 425 g/mol. The lowest BCUT2D eigenvalue weighted by Gasteiger charge is -2.13. The van der Waals surface area contributed by atoms with E-state index in [0.717, 1.165) is 22.2 Å². The zero-order valence-electron chi connectivity index (χ0n) is 14.1. The summed E-state index contributed by atoms with van der Waals surface area (Å²) < 4.78 is 0. The topological polar surface area (TPSA) is 95.2 Å². The summed E-state index contributed by atoms with van der Waals surface area (Å²) in [5.74, 6) is 0.850.